The molecule has 0 saturated carbocycles. The Kier molecular flexibility index (Phi) is 4.99. The van der Waals surface area contributed by atoms with Gasteiger partial charge < -0.3 is 19.8 Å². The lowest BCUT2D eigenvalue weighted by atomic mass is 10.1. The second kappa shape index (κ2) is 7.35. The largest absolute Gasteiger partial charge is 0.491 e. The monoisotopic (exact) mass is 324 g/mol. The number of nitriles is 1. The van der Waals surface area contributed by atoms with E-state index in [4.69, 9.17) is 10.00 Å². The van der Waals surface area contributed by atoms with Crippen molar-refractivity contribution in [2.75, 3.05) is 24.6 Å². The fraction of sp³-hybridized carbons (Fsp3) is 0.316. The van der Waals surface area contributed by atoms with E-state index in [2.05, 4.69) is 11.0 Å². The second-order valence-electron chi connectivity index (χ2n) is 5.92. The van der Waals surface area contributed by atoms with Crippen molar-refractivity contribution in [1.29, 1.82) is 5.26 Å². The van der Waals surface area contributed by atoms with Gasteiger partial charge in [0, 0.05) is 18.8 Å². The van der Waals surface area contributed by atoms with E-state index in [1.54, 1.807) is 24.3 Å². The maximum Gasteiger partial charge on any atom is 0.119 e. The smallest absolute Gasteiger partial charge is 0.119 e. The summed E-state index contributed by atoms with van der Waals surface area (Å²) < 4.78 is 5.58. The van der Waals surface area contributed by atoms with Gasteiger partial charge in [-0.1, -0.05) is 12.1 Å². The molecule has 1 aliphatic rings. The van der Waals surface area contributed by atoms with Crippen LogP contribution in [-0.4, -0.2) is 36.0 Å². The molecule has 24 heavy (non-hydrogen) atoms. The molecule has 0 radical (unpaired) electrons. The van der Waals surface area contributed by atoms with Crippen LogP contribution >= 0.6 is 0 Å². The quantitative estimate of drug-likeness (QED) is 0.848. The highest BCUT2D eigenvalue weighted by Gasteiger charge is 2.21. The molecule has 1 atom stereocenters. The predicted octanol–water partition coefficient (Wildman–Crippen LogP) is 1.85. The molecule has 0 aliphatic carbocycles. The van der Waals surface area contributed by atoms with E-state index in [1.807, 2.05) is 18.2 Å². The molecule has 0 spiro atoms. The van der Waals surface area contributed by atoms with Gasteiger partial charge >= 0.3 is 0 Å². The van der Waals surface area contributed by atoms with E-state index in [-0.39, 0.29) is 13.2 Å². The summed E-state index contributed by atoms with van der Waals surface area (Å²) in [6.45, 7) is 1.55. The number of ether oxygens (including phenoxy) is 1. The van der Waals surface area contributed by atoms with Crippen LogP contribution in [0.25, 0.3) is 0 Å². The van der Waals surface area contributed by atoms with E-state index in [1.165, 1.54) is 5.56 Å². The minimum absolute atomic E-state index is 0.0193. The van der Waals surface area contributed by atoms with Gasteiger partial charge in [0.1, 0.15) is 18.5 Å². The first-order valence-corrected chi connectivity index (χ1v) is 7.98. The molecule has 2 aromatic rings. The fourth-order valence-corrected chi connectivity index (χ4v) is 2.90. The van der Waals surface area contributed by atoms with Gasteiger partial charge in [0.25, 0.3) is 0 Å². The molecule has 5 nitrogen and oxygen atoms in total. The summed E-state index contributed by atoms with van der Waals surface area (Å²) in [5.41, 5.74) is 3.78. The number of anilines is 1. The fourth-order valence-electron chi connectivity index (χ4n) is 2.90. The maximum absolute atomic E-state index is 10.3. The number of hydrogen-bond donors (Lipinski definition) is 2. The molecular weight excluding hydrogens is 304 g/mol. The number of aliphatic hydroxyl groups excluding tert-OH is 2. The number of aliphatic hydroxyl groups is 2. The molecule has 0 bridgehead atoms. The van der Waals surface area contributed by atoms with Gasteiger partial charge in [-0.05, 0) is 47.9 Å². The van der Waals surface area contributed by atoms with Crippen molar-refractivity contribution in [2.45, 2.75) is 19.1 Å². The van der Waals surface area contributed by atoms with E-state index in [0.717, 1.165) is 24.2 Å². The third-order valence-corrected chi connectivity index (χ3v) is 4.18. The van der Waals surface area contributed by atoms with Gasteiger partial charge in [-0.25, -0.2) is 0 Å². The van der Waals surface area contributed by atoms with Gasteiger partial charge in [0.05, 0.1) is 18.2 Å². The summed E-state index contributed by atoms with van der Waals surface area (Å²) in [6, 6.07) is 14.8. The number of rotatable bonds is 6. The van der Waals surface area contributed by atoms with Crippen molar-refractivity contribution in [3.8, 4) is 11.8 Å². The molecule has 5 heteroatoms. The molecule has 0 amide bonds. The summed E-state index contributed by atoms with van der Waals surface area (Å²) in [4.78, 5) is 2.13. The van der Waals surface area contributed by atoms with E-state index in [0.29, 0.717) is 17.9 Å². The van der Waals surface area contributed by atoms with Crippen molar-refractivity contribution in [3.05, 3.63) is 59.2 Å². The number of β-amino-alcohol motifs (C(OH)–C–C–N with tert-alkyl or cyclic N) is 1. The Labute approximate surface area is 141 Å². The molecule has 124 valence electrons. The van der Waals surface area contributed by atoms with E-state index < -0.39 is 6.10 Å². The topological polar surface area (TPSA) is 76.7 Å². The average Bonchev–Trinajstić information content (AvgIpc) is 3.02. The Hall–Kier alpha value is -2.55. The third kappa shape index (κ3) is 3.67. The number of benzene rings is 2. The molecule has 1 unspecified atom stereocenters. The van der Waals surface area contributed by atoms with Gasteiger partial charge in [0.15, 0.2) is 0 Å². The van der Waals surface area contributed by atoms with Crippen LogP contribution in [0, 0.1) is 11.3 Å². The van der Waals surface area contributed by atoms with Gasteiger partial charge in [0.2, 0.25) is 0 Å². The van der Waals surface area contributed by atoms with Crippen LogP contribution in [0.2, 0.25) is 0 Å². The lowest BCUT2D eigenvalue weighted by molar-refractivity contribution is 0.112. The van der Waals surface area contributed by atoms with Crippen LogP contribution in [0.15, 0.2) is 42.5 Å². The molecule has 1 aliphatic heterocycles. The van der Waals surface area contributed by atoms with E-state index >= 15 is 0 Å². The highest BCUT2D eigenvalue weighted by molar-refractivity contribution is 5.59. The minimum atomic E-state index is -0.621. The van der Waals surface area contributed by atoms with Crippen LogP contribution in [-0.2, 0) is 13.0 Å². The lowest BCUT2D eigenvalue weighted by Gasteiger charge is -2.23. The van der Waals surface area contributed by atoms with Crippen molar-refractivity contribution >= 4 is 5.69 Å². The van der Waals surface area contributed by atoms with Crippen molar-refractivity contribution in [1.82, 2.24) is 0 Å². The second-order valence-corrected chi connectivity index (χ2v) is 5.92. The van der Waals surface area contributed by atoms with Crippen molar-refractivity contribution in [3.63, 3.8) is 0 Å². The molecule has 2 N–H and O–H groups in total. The van der Waals surface area contributed by atoms with Crippen LogP contribution < -0.4 is 9.64 Å². The molecule has 0 saturated heterocycles. The molecular formula is C19H20N2O3. The Morgan fingerprint density at radius 1 is 1.21 bits per heavy atom. The first-order chi connectivity index (χ1) is 11.7. The number of hydrogen-bond acceptors (Lipinski definition) is 5. The summed E-state index contributed by atoms with van der Waals surface area (Å²) in [5, 5.41) is 28.3. The summed E-state index contributed by atoms with van der Waals surface area (Å²) >= 11 is 0. The predicted molar refractivity (Wildman–Crippen MR) is 90.9 cm³/mol. The van der Waals surface area contributed by atoms with Gasteiger partial charge in [-0.2, -0.15) is 5.26 Å². The van der Waals surface area contributed by atoms with E-state index in [9.17, 15) is 10.2 Å². The SMILES string of the molecule is N#Cc1ccc(OCC(O)CN2CCc3ccc(CO)cc32)cc1. The maximum atomic E-state index is 10.3. The molecule has 3 rings (SSSR count). The molecule has 0 fully saturated rings. The van der Waals surface area contributed by atoms with Crippen LogP contribution in [0.3, 0.4) is 0 Å². The van der Waals surface area contributed by atoms with Crippen molar-refractivity contribution < 1.29 is 14.9 Å². The summed E-state index contributed by atoms with van der Waals surface area (Å²) in [5.74, 6) is 0.637. The highest BCUT2D eigenvalue weighted by Crippen LogP contribution is 2.29. The Morgan fingerprint density at radius 2 is 2.00 bits per heavy atom. The first-order valence-electron chi connectivity index (χ1n) is 7.98. The summed E-state index contributed by atoms with van der Waals surface area (Å²) in [7, 11) is 0. The first kappa shape index (κ1) is 16.3. The van der Waals surface area contributed by atoms with Crippen LogP contribution in [0.5, 0.6) is 5.75 Å². The van der Waals surface area contributed by atoms with Crippen LogP contribution in [0.1, 0.15) is 16.7 Å². The zero-order valence-corrected chi connectivity index (χ0v) is 13.4. The average molecular weight is 324 g/mol. The molecule has 2 aromatic carbocycles. The standard InChI is InChI=1S/C19H20N2O3/c20-10-14-2-5-18(6-3-14)24-13-17(23)11-21-8-7-16-4-1-15(12-22)9-19(16)21/h1-6,9,17,22-23H,7-8,11-13H2. The minimum Gasteiger partial charge on any atom is -0.491 e. The molecule has 0 aromatic heterocycles. The van der Waals surface area contributed by atoms with Crippen LogP contribution in [0.4, 0.5) is 5.69 Å². The Bertz CT molecular complexity index is 737. The van der Waals surface area contributed by atoms with Crippen molar-refractivity contribution in [2.24, 2.45) is 0 Å². The zero-order chi connectivity index (χ0) is 16.9. The normalized spacial score (nSPS) is 14.1. The third-order valence-electron chi connectivity index (χ3n) is 4.18. The Balaban J connectivity index is 1.56. The number of nitrogens with zero attached hydrogens (tertiary/aromatic N) is 2. The highest BCUT2D eigenvalue weighted by atomic mass is 16.5. The zero-order valence-electron chi connectivity index (χ0n) is 13.4. The Morgan fingerprint density at radius 3 is 2.71 bits per heavy atom. The lowest BCUT2D eigenvalue weighted by Crippen LogP contribution is -2.34. The van der Waals surface area contributed by atoms with Gasteiger partial charge in [-0.15, -0.1) is 0 Å². The summed E-state index contributed by atoms with van der Waals surface area (Å²) in [6.07, 6.45) is 0.328. The van der Waals surface area contributed by atoms with Gasteiger partial charge in [-0.3, -0.25) is 0 Å². The number of fused-ring (bicyclic) bond motifs is 1. The molecule has 1 heterocycles.